The van der Waals surface area contributed by atoms with Crippen LogP contribution in [0.25, 0.3) is 6.08 Å². The third kappa shape index (κ3) is 6.14. The van der Waals surface area contributed by atoms with E-state index in [1.807, 2.05) is 71.0 Å². The third-order valence-corrected chi connectivity index (χ3v) is 6.05. The fourth-order valence-corrected chi connectivity index (χ4v) is 4.16. The van der Waals surface area contributed by atoms with Crippen LogP contribution in [0.5, 0.6) is 0 Å². The summed E-state index contributed by atoms with van der Waals surface area (Å²) in [5, 5.41) is 7.90. The number of halogens is 1. The van der Waals surface area contributed by atoms with E-state index in [4.69, 9.17) is 11.6 Å². The average Bonchev–Trinajstić information content (AvgIpc) is 3.02. The van der Waals surface area contributed by atoms with Gasteiger partial charge < -0.3 is 10.2 Å². The van der Waals surface area contributed by atoms with E-state index in [0.717, 1.165) is 33.6 Å². The zero-order valence-electron chi connectivity index (χ0n) is 20.6. The highest BCUT2D eigenvalue weighted by molar-refractivity contribution is 6.31. The first-order valence-electron chi connectivity index (χ1n) is 11.1. The van der Waals surface area contributed by atoms with E-state index in [9.17, 15) is 9.59 Å². The molecule has 0 atom stereocenters. The molecule has 0 bridgehead atoms. The van der Waals surface area contributed by atoms with Crippen molar-refractivity contribution in [1.29, 1.82) is 0 Å². The first-order valence-corrected chi connectivity index (χ1v) is 11.5. The number of nitrogens with zero attached hydrogens (tertiary/aromatic N) is 3. The van der Waals surface area contributed by atoms with E-state index in [-0.39, 0.29) is 18.4 Å². The molecule has 7 heteroatoms. The lowest BCUT2D eigenvalue weighted by atomic mass is 10.1. The quantitative estimate of drug-likeness (QED) is 0.472. The zero-order valence-corrected chi connectivity index (χ0v) is 21.3. The Balaban J connectivity index is 1.64. The van der Waals surface area contributed by atoms with Crippen molar-refractivity contribution in [2.75, 3.05) is 18.9 Å². The second-order valence-electron chi connectivity index (χ2n) is 8.78. The number of nitrogens with one attached hydrogen (secondary N) is 1. The summed E-state index contributed by atoms with van der Waals surface area (Å²) >= 11 is 6.55. The number of anilines is 1. The smallest absolute Gasteiger partial charge is 0.246 e. The van der Waals surface area contributed by atoms with Crippen molar-refractivity contribution in [2.24, 2.45) is 0 Å². The van der Waals surface area contributed by atoms with Crippen molar-refractivity contribution in [3.05, 3.63) is 86.7 Å². The van der Waals surface area contributed by atoms with Crippen LogP contribution in [0.1, 0.15) is 39.1 Å². The summed E-state index contributed by atoms with van der Waals surface area (Å²) in [7, 11) is 1.59. The molecule has 0 saturated carbocycles. The first-order chi connectivity index (χ1) is 16.0. The lowest BCUT2D eigenvalue weighted by Crippen LogP contribution is -2.34. The van der Waals surface area contributed by atoms with Gasteiger partial charge >= 0.3 is 0 Å². The van der Waals surface area contributed by atoms with Crippen molar-refractivity contribution in [3.8, 4) is 0 Å². The molecule has 34 heavy (non-hydrogen) atoms. The molecule has 0 aliphatic heterocycles. The largest absolute Gasteiger partial charge is 0.333 e. The van der Waals surface area contributed by atoms with Gasteiger partial charge in [0.05, 0.1) is 18.8 Å². The molecule has 178 valence electrons. The predicted octanol–water partition coefficient (Wildman–Crippen LogP) is 5.24. The molecule has 0 spiro atoms. The zero-order chi connectivity index (χ0) is 25.0. The standard InChI is InChI=1S/C27H31ClN4O2/c1-17-7-9-22(10-8-17)15-32-27(28)23(21(5)30-32)11-12-25(34)31(6)16-24(33)29-26-19(3)13-18(2)14-20(26)4/h7-14H,15-16H2,1-6H3,(H,29,33)/b12-11+. The number of rotatable bonds is 7. The maximum atomic E-state index is 12.6. The van der Waals surface area contributed by atoms with Crippen molar-refractivity contribution >= 4 is 35.2 Å². The van der Waals surface area contributed by atoms with Gasteiger partial charge in [0.1, 0.15) is 5.15 Å². The molecule has 0 aliphatic carbocycles. The molecule has 0 fully saturated rings. The second kappa shape index (κ2) is 10.7. The van der Waals surface area contributed by atoms with Crippen molar-refractivity contribution in [2.45, 2.75) is 41.2 Å². The number of aromatic nitrogens is 2. The van der Waals surface area contributed by atoms with Crippen LogP contribution in [0.15, 0.2) is 42.5 Å². The van der Waals surface area contributed by atoms with Gasteiger partial charge in [0.15, 0.2) is 0 Å². The Kier molecular flexibility index (Phi) is 7.94. The highest BCUT2D eigenvalue weighted by Gasteiger charge is 2.15. The summed E-state index contributed by atoms with van der Waals surface area (Å²) in [6.07, 6.45) is 3.07. The minimum absolute atomic E-state index is 0.0602. The molecule has 3 rings (SSSR count). The Labute approximate surface area is 206 Å². The van der Waals surface area contributed by atoms with E-state index < -0.39 is 0 Å². The predicted molar refractivity (Wildman–Crippen MR) is 138 cm³/mol. The van der Waals surface area contributed by atoms with Crippen molar-refractivity contribution in [3.63, 3.8) is 0 Å². The molecule has 2 amide bonds. The number of carbonyl (C=O) groups excluding carboxylic acids is 2. The molecule has 1 aromatic heterocycles. The summed E-state index contributed by atoms with van der Waals surface area (Å²) in [4.78, 5) is 26.5. The van der Waals surface area contributed by atoms with Gasteiger partial charge in [-0.2, -0.15) is 5.10 Å². The fourth-order valence-electron chi connectivity index (χ4n) is 3.86. The van der Waals surface area contributed by atoms with Gasteiger partial charge in [-0.15, -0.1) is 0 Å². The van der Waals surface area contributed by atoms with Crippen LogP contribution in [-0.2, 0) is 16.1 Å². The SMILES string of the molecule is Cc1ccc(Cn2nc(C)c(/C=C/C(=O)N(C)CC(=O)Nc3c(C)cc(C)cc3C)c2Cl)cc1. The fraction of sp³-hybridized carbons (Fsp3) is 0.296. The van der Waals surface area contributed by atoms with Crippen LogP contribution in [0.2, 0.25) is 5.15 Å². The van der Waals surface area contributed by atoms with Gasteiger partial charge in [0.25, 0.3) is 0 Å². The van der Waals surface area contributed by atoms with E-state index >= 15 is 0 Å². The Morgan fingerprint density at radius 2 is 1.65 bits per heavy atom. The van der Waals surface area contributed by atoms with Gasteiger partial charge in [-0.05, 0) is 57.4 Å². The topological polar surface area (TPSA) is 67.2 Å². The molecule has 0 radical (unpaired) electrons. The van der Waals surface area contributed by atoms with Crippen molar-refractivity contribution < 1.29 is 9.59 Å². The minimum Gasteiger partial charge on any atom is -0.333 e. The number of hydrogen-bond acceptors (Lipinski definition) is 3. The number of hydrogen-bond donors (Lipinski definition) is 1. The van der Waals surface area contributed by atoms with Gasteiger partial charge in [-0.3, -0.25) is 9.59 Å². The Morgan fingerprint density at radius 3 is 2.26 bits per heavy atom. The number of likely N-dealkylation sites (N-methyl/N-ethyl adjacent to an activating group) is 1. The monoisotopic (exact) mass is 478 g/mol. The number of aryl methyl sites for hydroxylation is 5. The number of benzene rings is 2. The molecular weight excluding hydrogens is 448 g/mol. The van der Waals surface area contributed by atoms with Gasteiger partial charge in [0.2, 0.25) is 11.8 Å². The Morgan fingerprint density at radius 1 is 1.03 bits per heavy atom. The summed E-state index contributed by atoms with van der Waals surface area (Å²) in [5.41, 5.74) is 7.61. The van der Waals surface area contributed by atoms with Crippen molar-refractivity contribution in [1.82, 2.24) is 14.7 Å². The molecule has 0 saturated heterocycles. The maximum Gasteiger partial charge on any atom is 0.246 e. The highest BCUT2D eigenvalue weighted by Crippen LogP contribution is 2.23. The van der Waals surface area contributed by atoms with Gasteiger partial charge in [0, 0.05) is 24.4 Å². The van der Waals surface area contributed by atoms with Crippen LogP contribution in [-0.4, -0.2) is 40.1 Å². The molecular formula is C27H31ClN4O2. The summed E-state index contributed by atoms with van der Waals surface area (Å²) in [5.74, 6) is -0.548. The van der Waals surface area contributed by atoms with Crippen LogP contribution < -0.4 is 5.32 Å². The Bertz CT molecular complexity index is 1220. The average molecular weight is 479 g/mol. The Hall–Kier alpha value is -3.38. The molecule has 0 aliphatic rings. The molecule has 2 aromatic carbocycles. The number of amides is 2. The molecule has 1 N–H and O–H groups in total. The first kappa shape index (κ1) is 25.2. The van der Waals surface area contributed by atoms with Crippen LogP contribution in [0.3, 0.4) is 0 Å². The van der Waals surface area contributed by atoms with Crippen LogP contribution >= 0.6 is 11.6 Å². The van der Waals surface area contributed by atoms with Crippen LogP contribution in [0.4, 0.5) is 5.69 Å². The van der Waals surface area contributed by atoms with E-state index in [0.29, 0.717) is 17.3 Å². The van der Waals surface area contributed by atoms with Gasteiger partial charge in [-0.25, -0.2) is 4.68 Å². The normalized spacial score (nSPS) is 11.1. The lowest BCUT2D eigenvalue weighted by Gasteiger charge is -2.17. The number of carbonyl (C=O) groups is 2. The van der Waals surface area contributed by atoms with Gasteiger partial charge in [-0.1, -0.05) is 59.1 Å². The summed E-state index contributed by atoms with van der Waals surface area (Å²) in [6.45, 7) is 10.3. The lowest BCUT2D eigenvalue weighted by molar-refractivity contribution is -0.129. The molecule has 3 aromatic rings. The molecule has 6 nitrogen and oxygen atoms in total. The summed E-state index contributed by atoms with van der Waals surface area (Å²) in [6, 6.07) is 12.2. The van der Waals surface area contributed by atoms with E-state index in [1.165, 1.54) is 16.5 Å². The highest BCUT2D eigenvalue weighted by atomic mass is 35.5. The summed E-state index contributed by atoms with van der Waals surface area (Å²) < 4.78 is 1.72. The third-order valence-electron chi connectivity index (χ3n) is 5.65. The van der Waals surface area contributed by atoms with E-state index in [1.54, 1.807) is 17.8 Å². The maximum absolute atomic E-state index is 12.6. The van der Waals surface area contributed by atoms with Crippen LogP contribution in [0, 0.1) is 34.6 Å². The minimum atomic E-state index is -0.297. The molecule has 1 heterocycles. The molecule has 0 unspecified atom stereocenters. The second-order valence-corrected chi connectivity index (χ2v) is 9.14. The van der Waals surface area contributed by atoms with E-state index in [2.05, 4.69) is 10.4 Å².